The topological polar surface area (TPSA) is 24.9 Å². The van der Waals surface area contributed by atoms with Crippen LogP contribution in [0.1, 0.15) is 38.9 Å². The lowest BCUT2D eigenvalue weighted by atomic mass is 9.93. The SMILES string of the molecule is COc1cc(N(c2ccc(-c3ccc(N(C4=CC(OC)C(/C=C/c5ccccc5)C=C4)c4ccc(C)cc4C)cc3)cc2)c2ccc(C)cc2C)ccc1CCc1ccccc1. The molecular formula is C58H56N2O2. The average molecular weight is 813 g/mol. The standard InChI is InChI=1S/C58H56N2O2/c1-41-17-35-55(43(3)37-41)59(53-33-27-49(57(39-53)61-5)21-19-45-13-9-7-10-14-45)51-29-23-47(24-30-51)48-25-31-52(32-26-48)60(56-36-18-42(2)38-44(56)4)54-34-28-50(58(40-54)62-6)22-20-46-15-11-8-12-16-46/h7-19,21,23-40,49,57H,20,22H2,1-6H3/b21-19+. The molecule has 1 aliphatic carbocycles. The monoisotopic (exact) mass is 812 g/mol. The summed E-state index contributed by atoms with van der Waals surface area (Å²) in [4.78, 5) is 4.69. The summed E-state index contributed by atoms with van der Waals surface area (Å²) in [6, 6.07) is 58.9. The van der Waals surface area contributed by atoms with Crippen LogP contribution in [-0.2, 0) is 17.6 Å². The molecule has 0 fully saturated rings. The molecule has 1 aliphatic rings. The van der Waals surface area contributed by atoms with E-state index in [1.165, 1.54) is 38.9 Å². The number of hydrogen-bond donors (Lipinski definition) is 0. The summed E-state index contributed by atoms with van der Waals surface area (Å²) in [7, 11) is 3.57. The van der Waals surface area contributed by atoms with Crippen molar-refractivity contribution in [2.75, 3.05) is 24.0 Å². The number of rotatable bonds is 14. The molecule has 0 heterocycles. The fraction of sp³-hybridized carbons (Fsp3) is 0.172. The third kappa shape index (κ3) is 9.52. The van der Waals surface area contributed by atoms with Crippen LogP contribution in [0.5, 0.6) is 5.75 Å². The van der Waals surface area contributed by atoms with Crippen LogP contribution < -0.4 is 14.5 Å². The van der Waals surface area contributed by atoms with Crippen molar-refractivity contribution >= 4 is 34.5 Å². The predicted octanol–water partition coefficient (Wildman–Crippen LogP) is 14.8. The molecule has 0 aromatic heterocycles. The fourth-order valence-electron chi connectivity index (χ4n) is 8.56. The van der Waals surface area contributed by atoms with E-state index in [1.807, 2.05) is 6.07 Å². The zero-order valence-electron chi connectivity index (χ0n) is 36.8. The Kier molecular flexibility index (Phi) is 13.0. The van der Waals surface area contributed by atoms with Gasteiger partial charge < -0.3 is 19.3 Å². The molecule has 8 rings (SSSR count). The van der Waals surface area contributed by atoms with Crippen LogP contribution >= 0.6 is 0 Å². The average Bonchev–Trinajstić information content (AvgIpc) is 3.30. The summed E-state index contributed by atoms with van der Waals surface area (Å²) in [5.41, 5.74) is 17.5. The molecule has 0 saturated carbocycles. The van der Waals surface area contributed by atoms with Gasteiger partial charge in [-0.3, -0.25) is 0 Å². The minimum Gasteiger partial charge on any atom is -0.496 e. The van der Waals surface area contributed by atoms with Crippen molar-refractivity contribution < 1.29 is 9.47 Å². The number of allylic oxidation sites excluding steroid dienone is 1. The molecule has 310 valence electrons. The Bertz CT molecular complexity index is 2700. The van der Waals surface area contributed by atoms with Crippen LogP contribution in [0.3, 0.4) is 0 Å². The minimum atomic E-state index is -0.108. The first kappa shape index (κ1) is 41.8. The summed E-state index contributed by atoms with van der Waals surface area (Å²) < 4.78 is 12.1. The Hall–Kier alpha value is -6.88. The van der Waals surface area contributed by atoms with E-state index in [4.69, 9.17) is 9.47 Å². The van der Waals surface area contributed by atoms with Gasteiger partial charge in [-0.1, -0.05) is 145 Å². The van der Waals surface area contributed by atoms with Crippen molar-refractivity contribution in [1.82, 2.24) is 0 Å². The van der Waals surface area contributed by atoms with Gasteiger partial charge >= 0.3 is 0 Å². The van der Waals surface area contributed by atoms with Crippen molar-refractivity contribution in [1.29, 1.82) is 0 Å². The highest BCUT2D eigenvalue weighted by molar-refractivity contribution is 5.81. The van der Waals surface area contributed by atoms with Crippen molar-refractivity contribution in [2.45, 2.75) is 46.6 Å². The highest BCUT2D eigenvalue weighted by atomic mass is 16.5. The normalized spacial score (nSPS) is 14.8. The smallest absolute Gasteiger partial charge is 0.124 e. The molecule has 0 bridgehead atoms. The van der Waals surface area contributed by atoms with E-state index in [0.29, 0.717) is 0 Å². The molecule has 7 aromatic carbocycles. The number of hydrogen-bond acceptors (Lipinski definition) is 4. The highest BCUT2D eigenvalue weighted by Crippen LogP contribution is 2.41. The molecular weight excluding hydrogens is 757 g/mol. The van der Waals surface area contributed by atoms with E-state index in [9.17, 15) is 0 Å². The van der Waals surface area contributed by atoms with Crippen molar-refractivity contribution in [3.63, 3.8) is 0 Å². The molecule has 2 atom stereocenters. The van der Waals surface area contributed by atoms with Gasteiger partial charge in [0.2, 0.25) is 0 Å². The first-order valence-corrected chi connectivity index (χ1v) is 21.6. The maximum Gasteiger partial charge on any atom is 0.124 e. The predicted molar refractivity (Wildman–Crippen MR) is 261 cm³/mol. The summed E-state index contributed by atoms with van der Waals surface area (Å²) in [6.45, 7) is 8.67. The van der Waals surface area contributed by atoms with Crippen LogP contribution in [0.2, 0.25) is 0 Å². The van der Waals surface area contributed by atoms with Gasteiger partial charge in [-0.25, -0.2) is 0 Å². The van der Waals surface area contributed by atoms with Gasteiger partial charge in [0, 0.05) is 53.2 Å². The van der Waals surface area contributed by atoms with E-state index in [0.717, 1.165) is 63.9 Å². The van der Waals surface area contributed by atoms with Gasteiger partial charge in [-0.2, -0.15) is 0 Å². The van der Waals surface area contributed by atoms with Crippen molar-refractivity contribution in [2.24, 2.45) is 5.92 Å². The summed E-state index contributed by atoms with van der Waals surface area (Å²) >= 11 is 0. The summed E-state index contributed by atoms with van der Waals surface area (Å²) in [6.07, 6.45) is 12.9. The largest absolute Gasteiger partial charge is 0.496 e. The summed E-state index contributed by atoms with van der Waals surface area (Å²) in [5.74, 6) is 1.02. The molecule has 4 nitrogen and oxygen atoms in total. The number of ether oxygens (including phenoxy) is 2. The van der Waals surface area contributed by atoms with E-state index in [1.54, 1.807) is 14.2 Å². The lowest BCUT2D eigenvalue weighted by Gasteiger charge is -2.32. The maximum absolute atomic E-state index is 6.09. The number of aryl methyl sites for hydroxylation is 6. The Morgan fingerprint density at radius 3 is 1.69 bits per heavy atom. The first-order chi connectivity index (χ1) is 30.3. The molecule has 0 spiro atoms. The zero-order chi connectivity index (χ0) is 43.0. The zero-order valence-corrected chi connectivity index (χ0v) is 36.8. The molecule has 7 aromatic rings. The van der Waals surface area contributed by atoms with Crippen LogP contribution in [0.25, 0.3) is 17.2 Å². The van der Waals surface area contributed by atoms with Gasteiger partial charge in [0.25, 0.3) is 0 Å². The van der Waals surface area contributed by atoms with E-state index in [-0.39, 0.29) is 12.0 Å². The number of methoxy groups -OCH3 is 2. The maximum atomic E-state index is 6.09. The van der Waals surface area contributed by atoms with E-state index in [2.05, 4.69) is 226 Å². The summed E-state index contributed by atoms with van der Waals surface area (Å²) in [5, 5.41) is 0. The van der Waals surface area contributed by atoms with Gasteiger partial charge in [0.1, 0.15) is 5.75 Å². The first-order valence-electron chi connectivity index (χ1n) is 21.6. The fourth-order valence-corrected chi connectivity index (χ4v) is 8.56. The van der Waals surface area contributed by atoms with Gasteiger partial charge in [0.15, 0.2) is 0 Å². The molecule has 0 radical (unpaired) electrons. The van der Waals surface area contributed by atoms with Crippen molar-refractivity contribution in [3.05, 3.63) is 233 Å². The molecule has 2 unspecified atom stereocenters. The Balaban J connectivity index is 1.08. The lowest BCUT2D eigenvalue weighted by Crippen LogP contribution is -2.25. The van der Waals surface area contributed by atoms with Crippen LogP contribution in [-0.4, -0.2) is 20.3 Å². The molecule has 0 aliphatic heterocycles. The van der Waals surface area contributed by atoms with Crippen LogP contribution in [0.15, 0.2) is 194 Å². The second kappa shape index (κ2) is 19.2. The van der Waals surface area contributed by atoms with E-state index < -0.39 is 0 Å². The van der Waals surface area contributed by atoms with Crippen LogP contribution in [0.4, 0.5) is 28.4 Å². The number of nitrogens with zero attached hydrogens (tertiary/aromatic N) is 2. The third-order valence-corrected chi connectivity index (χ3v) is 11.9. The molecule has 0 amide bonds. The quantitative estimate of drug-likeness (QED) is 0.109. The Morgan fingerprint density at radius 1 is 0.548 bits per heavy atom. The number of anilines is 5. The molecule has 4 heteroatoms. The second-order valence-electron chi connectivity index (χ2n) is 16.3. The Morgan fingerprint density at radius 2 is 1.11 bits per heavy atom. The third-order valence-electron chi connectivity index (χ3n) is 11.9. The molecule has 0 saturated heterocycles. The van der Waals surface area contributed by atoms with Gasteiger partial charge in [-0.05, 0) is 134 Å². The van der Waals surface area contributed by atoms with Gasteiger partial charge in [0.05, 0.1) is 13.2 Å². The second-order valence-corrected chi connectivity index (χ2v) is 16.3. The Labute approximate surface area is 368 Å². The minimum absolute atomic E-state index is 0.108. The van der Waals surface area contributed by atoms with Crippen molar-refractivity contribution in [3.8, 4) is 16.9 Å². The van der Waals surface area contributed by atoms with Crippen LogP contribution in [0, 0.1) is 33.6 Å². The van der Waals surface area contributed by atoms with Gasteiger partial charge in [-0.15, -0.1) is 0 Å². The lowest BCUT2D eigenvalue weighted by molar-refractivity contribution is 0.120. The molecule has 62 heavy (non-hydrogen) atoms. The highest BCUT2D eigenvalue weighted by Gasteiger charge is 2.24. The number of benzene rings is 7. The molecule has 0 N–H and O–H groups in total. The van der Waals surface area contributed by atoms with E-state index >= 15 is 0 Å².